The van der Waals surface area contributed by atoms with Crippen LogP contribution in [0.15, 0.2) is 95.4 Å². The van der Waals surface area contributed by atoms with Gasteiger partial charge in [0.1, 0.15) is 11.2 Å². The molecule has 0 saturated carbocycles. The largest absolute Gasteiger partial charge is 0.456 e. The van der Waals surface area contributed by atoms with Crippen molar-refractivity contribution < 1.29 is 4.42 Å². The van der Waals surface area contributed by atoms with E-state index in [1.54, 1.807) is 0 Å². The Morgan fingerprint density at radius 3 is 2.00 bits per heavy atom. The van der Waals surface area contributed by atoms with Gasteiger partial charge in [-0.2, -0.15) is 0 Å². The normalized spacial score (nSPS) is 12.8. The van der Waals surface area contributed by atoms with Crippen molar-refractivity contribution in [3.05, 3.63) is 96.6 Å². The fourth-order valence-electron chi connectivity index (χ4n) is 5.20. The van der Waals surface area contributed by atoms with Crippen LogP contribution in [0.2, 0.25) is 0 Å². The van der Waals surface area contributed by atoms with Crippen LogP contribution < -0.4 is 4.90 Å². The maximum Gasteiger partial charge on any atom is 0.135 e. The van der Waals surface area contributed by atoms with E-state index >= 15 is 0 Å². The number of para-hydroxylation sites is 1. The molecule has 0 N–H and O–H groups in total. The summed E-state index contributed by atoms with van der Waals surface area (Å²) in [6.07, 6.45) is 3.40. The van der Waals surface area contributed by atoms with Gasteiger partial charge in [-0.3, -0.25) is 0 Å². The third-order valence-electron chi connectivity index (χ3n) is 7.81. The van der Waals surface area contributed by atoms with Crippen molar-refractivity contribution >= 4 is 33.3 Å². The fourth-order valence-corrected chi connectivity index (χ4v) is 5.20. The smallest absolute Gasteiger partial charge is 0.135 e. The van der Waals surface area contributed by atoms with Gasteiger partial charge in [-0.1, -0.05) is 88.7 Å². The molecule has 5 rings (SSSR count). The van der Waals surface area contributed by atoms with Crippen molar-refractivity contribution in [3.63, 3.8) is 0 Å². The first-order chi connectivity index (χ1) is 17.4. The van der Waals surface area contributed by atoms with E-state index in [0.717, 1.165) is 30.4 Å². The number of benzene rings is 4. The summed E-state index contributed by atoms with van der Waals surface area (Å²) in [5.41, 5.74) is 8.41. The average Bonchev–Trinajstić information content (AvgIpc) is 3.28. The van der Waals surface area contributed by atoms with E-state index in [1.807, 2.05) is 12.1 Å². The molecule has 2 nitrogen and oxygen atoms in total. The molecule has 0 aliphatic carbocycles. The summed E-state index contributed by atoms with van der Waals surface area (Å²) in [5, 5.41) is 2.34. The first kappa shape index (κ1) is 24.2. The molecule has 1 unspecified atom stereocenters. The minimum absolute atomic E-state index is 0.208. The van der Waals surface area contributed by atoms with Gasteiger partial charge >= 0.3 is 0 Å². The van der Waals surface area contributed by atoms with E-state index in [2.05, 4.69) is 118 Å². The third-order valence-corrected chi connectivity index (χ3v) is 7.81. The molecule has 4 aromatic carbocycles. The summed E-state index contributed by atoms with van der Waals surface area (Å²) in [7, 11) is 0. The maximum atomic E-state index is 6.08. The summed E-state index contributed by atoms with van der Waals surface area (Å²) in [6.45, 7) is 11.5. The second kappa shape index (κ2) is 9.85. The summed E-state index contributed by atoms with van der Waals surface area (Å²) < 4.78 is 6.08. The summed E-state index contributed by atoms with van der Waals surface area (Å²) in [4.78, 5) is 2.47. The van der Waals surface area contributed by atoms with Crippen molar-refractivity contribution in [1.29, 1.82) is 0 Å². The molecule has 0 aliphatic heterocycles. The van der Waals surface area contributed by atoms with E-state index < -0.39 is 0 Å². The Labute approximate surface area is 215 Å². The Morgan fingerprint density at radius 1 is 0.722 bits per heavy atom. The molecular weight excluding hydrogens is 438 g/mol. The highest BCUT2D eigenvalue weighted by atomic mass is 16.3. The number of hydrogen-bond donors (Lipinski definition) is 0. The molecule has 1 heterocycles. The standard InChI is InChI=1S/C34H37NO/c1-6-10-24(3)35(29-21-22-33-31(23-29)30-11-8-9-12-32(30)36-33)28-19-15-26(16-20-28)25-13-17-27(18-14-25)34(4,5)7-2/h8-9,11-24H,6-7,10H2,1-5H3. The van der Waals surface area contributed by atoms with Crippen molar-refractivity contribution in [2.75, 3.05) is 4.90 Å². The van der Waals surface area contributed by atoms with Crippen molar-refractivity contribution in [3.8, 4) is 11.1 Å². The Bertz CT molecular complexity index is 1460. The minimum atomic E-state index is 0.208. The molecule has 1 aromatic heterocycles. The molecule has 36 heavy (non-hydrogen) atoms. The Hall–Kier alpha value is -3.52. The second-order valence-corrected chi connectivity index (χ2v) is 10.6. The average molecular weight is 476 g/mol. The lowest BCUT2D eigenvalue weighted by molar-refractivity contribution is 0.506. The van der Waals surface area contributed by atoms with E-state index in [0.29, 0.717) is 6.04 Å². The predicted octanol–water partition coefficient (Wildman–Crippen LogP) is 10.3. The lowest BCUT2D eigenvalue weighted by Gasteiger charge is -2.32. The van der Waals surface area contributed by atoms with Crippen LogP contribution in [-0.2, 0) is 5.41 Å². The summed E-state index contributed by atoms with van der Waals surface area (Å²) >= 11 is 0. The molecule has 2 heteroatoms. The van der Waals surface area contributed by atoms with Gasteiger partial charge in [0, 0.05) is 28.2 Å². The van der Waals surface area contributed by atoms with Crippen LogP contribution in [0.4, 0.5) is 11.4 Å². The molecule has 0 amide bonds. The molecule has 0 saturated heterocycles. The number of nitrogens with zero attached hydrogens (tertiary/aromatic N) is 1. The number of fused-ring (bicyclic) bond motifs is 3. The second-order valence-electron chi connectivity index (χ2n) is 10.6. The van der Waals surface area contributed by atoms with Gasteiger partial charge in [0.15, 0.2) is 0 Å². The highest BCUT2D eigenvalue weighted by molar-refractivity contribution is 6.06. The Morgan fingerprint density at radius 2 is 1.33 bits per heavy atom. The first-order valence-electron chi connectivity index (χ1n) is 13.3. The van der Waals surface area contributed by atoms with Crippen LogP contribution in [0, 0.1) is 0 Å². The molecule has 0 spiro atoms. The zero-order chi connectivity index (χ0) is 25.3. The molecule has 0 aliphatic rings. The quantitative estimate of drug-likeness (QED) is 0.222. The third kappa shape index (κ3) is 4.53. The van der Waals surface area contributed by atoms with Gasteiger partial charge in [0.2, 0.25) is 0 Å². The molecule has 184 valence electrons. The Balaban J connectivity index is 1.50. The minimum Gasteiger partial charge on any atom is -0.456 e. The van der Waals surface area contributed by atoms with Gasteiger partial charge in [-0.05, 0) is 78.3 Å². The first-order valence-corrected chi connectivity index (χ1v) is 13.3. The monoisotopic (exact) mass is 475 g/mol. The van der Waals surface area contributed by atoms with Gasteiger partial charge in [0.25, 0.3) is 0 Å². The lowest BCUT2D eigenvalue weighted by Crippen LogP contribution is -2.28. The highest BCUT2D eigenvalue weighted by Crippen LogP contribution is 2.37. The highest BCUT2D eigenvalue weighted by Gasteiger charge is 2.19. The zero-order valence-electron chi connectivity index (χ0n) is 22.2. The van der Waals surface area contributed by atoms with E-state index in [-0.39, 0.29) is 5.41 Å². The molecule has 0 radical (unpaired) electrons. The summed E-state index contributed by atoms with van der Waals surface area (Å²) in [6, 6.07) is 33.4. The van der Waals surface area contributed by atoms with Crippen LogP contribution >= 0.6 is 0 Å². The topological polar surface area (TPSA) is 16.4 Å². The van der Waals surface area contributed by atoms with Gasteiger partial charge in [-0.25, -0.2) is 0 Å². The molecule has 0 bridgehead atoms. The lowest BCUT2D eigenvalue weighted by atomic mass is 9.82. The van der Waals surface area contributed by atoms with Crippen LogP contribution in [0.25, 0.3) is 33.1 Å². The number of furan rings is 1. The van der Waals surface area contributed by atoms with Crippen molar-refractivity contribution in [2.24, 2.45) is 0 Å². The van der Waals surface area contributed by atoms with Crippen molar-refractivity contribution in [1.82, 2.24) is 0 Å². The molecule has 5 aromatic rings. The SMILES string of the molecule is CCCC(C)N(c1ccc(-c2ccc(C(C)(C)CC)cc2)cc1)c1ccc2oc3ccccc3c2c1. The number of anilines is 2. The van der Waals surface area contributed by atoms with E-state index in [4.69, 9.17) is 4.42 Å². The number of rotatable bonds is 8. The van der Waals surface area contributed by atoms with Crippen LogP contribution in [-0.4, -0.2) is 6.04 Å². The van der Waals surface area contributed by atoms with Crippen LogP contribution in [0.3, 0.4) is 0 Å². The predicted molar refractivity (Wildman–Crippen MR) is 155 cm³/mol. The molecule has 1 atom stereocenters. The van der Waals surface area contributed by atoms with Crippen LogP contribution in [0.1, 0.15) is 59.4 Å². The van der Waals surface area contributed by atoms with Crippen molar-refractivity contribution in [2.45, 2.75) is 65.3 Å². The van der Waals surface area contributed by atoms with E-state index in [9.17, 15) is 0 Å². The van der Waals surface area contributed by atoms with Gasteiger partial charge in [-0.15, -0.1) is 0 Å². The van der Waals surface area contributed by atoms with E-state index in [1.165, 1.54) is 38.8 Å². The van der Waals surface area contributed by atoms with Gasteiger partial charge in [0.05, 0.1) is 0 Å². The zero-order valence-corrected chi connectivity index (χ0v) is 22.2. The summed E-state index contributed by atoms with van der Waals surface area (Å²) in [5.74, 6) is 0. The number of hydrogen-bond acceptors (Lipinski definition) is 2. The maximum absolute atomic E-state index is 6.08. The van der Waals surface area contributed by atoms with Crippen LogP contribution in [0.5, 0.6) is 0 Å². The Kier molecular flexibility index (Phi) is 6.62. The molecular formula is C34H37NO. The molecule has 0 fully saturated rings. The van der Waals surface area contributed by atoms with Gasteiger partial charge < -0.3 is 9.32 Å². The fraction of sp³-hybridized carbons (Fsp3) is 0.294.